The molecule has 2 aromatic heterocycles. The van der Waals surface area contributed by atoms with Crippen LogP contribution in [0.15, 0.2) is 46.2 Å². The van der Waals surface area contributed by atoms with Gasteiger partial charge in [-0.25, -0.2) is 8.42 Å². The van der Waals surface area contributed by atoms with E-state index in [-0.39, 0.29) is 22.5 Å². The highest BCUT2D eigenvalue weighted by atomic mass is 32.2. The molecule has 0 bridgehead atoms. The summed E-state index contributed by atoms with van der Waals surface area (Å²) < 4.78 is 34.7. The minimum absolute atomic E-state index is 0.0899. The minimum Gasteiger partial charge on any atom is -0.378 e. The lowest BCUT2D eigenvalue weighted by atomic mass is 10.1. The Hall–Kier alpha value is -3.20. The van der Waals surface area contributed by atoms with Gasteiger partial charge in [0.25, 0.3) is 5.56 Å². The van der Waals surface area contributed by atoms with Gasteiger partial charge in [0.15, 0.2) is 5.82 Å². The first kappa shape index (κ1) is 22.6. The average molecular weight is 483 g/mol. The number of hydrogen-bond donors (Lipinski definition) is 2. The molecular formula is C23H26N6O4S. The number of aromatic amines is 1. The number of pyridine rings is 1. The van der Waals surface area contributed by atoms with Crippen LogP contribution >= 0.6 is 0 Å². The van der Waals surface area contributed by atoms with E-state index in [0.29, 0.717) is 54.5 Å². The van der Waals surface area contributed by atoms with Gasteiger partial charge in [-0.1, -0.05) is 0 Å². The van der Waals surface area contributed by atoms with E-state index in [4.69, 9.17) is 4.74 Å². The van der Waals surface area contributed by atoms with Crippen LogP contribution < -0.4 is 10.9 Å². The monoisotopic (exact) mass is 482 g/mol. The lowest BCUT2D eigenvalue weighted by molar-refractivity contribution is 0.0393. The van der Waals surface area contributed by atoms with E-state index in [0.717, 1.165) is 12.8 Å². The Bertz CT molecular complexity index is 1400. The van der Waals surface area contributed by atoms with Crippen LogP contribution in [0.1, 0.15) is 32.2 Å². The third kappa shape index (κ3) is 4.09. The molecule has 2 unspecified atom stereocenters. The molecule has 34 heavy (non-hydrogen) atoms. The van der Waals surface area contributed by atoms with Gasteiger partial charge in [0.1, 0.15) is 5.39 Å². The first-order valence-electron chi connectivity index (χ1n) is 11.3. The summed E-state index contributed by atoms with van der Waals surface area (Å²) in [6.07, 6.45) is 3.98. The van der Waals surface area contributed by atoms with Crippen LogP contribution in [-0.4, -0.2) is 53.3 Å². The third-order valence-corrected chi connectivity index (χ3v) is 8.47. The molecule has 2 N–H and O–H groups in total. The number of aromatic nitrogens is 3. The summed E-state index contributed by atoms with van der Waals surface area (Å²) in [5.41, 5.74) is 0.990. The fourth-order valence-corrected chi connectivity index (χ4v) is 6.12. The van der Waals surface area contributed by atoms with Gasteiger partial charge in [-0.2, -0.15) is 14.7 Å². The van der Waals surface area contributed by atoms with E-state index in [2.05, 4.69) is 21.5 Å². The quantitative estimate of drug-likeness (QED) is 0.529. The van der Waals surface area contributed by atoms with Crippen LogP contribution in [0.3, 0.4) is 0 Å². The molecule has 1 saturated carbocycles. The number of hydrogen-bond acceptors (Lipinski definition) is 7. The summed E-state index contributed by atoms with van der Waals surface area (Å²) in [5.74, 6) is 0.750. The van der Waals surface area contributed by atoms with E-state index >= 15 is 0 Å². The maximum Gasteiger partial charge on any atom is 0.261 e. The number of ether oxygens (including phenoxy) is 1. The molecule has 1 aliphatic heterocycles. The Labute approximate surface area is 197 Å². The van der Waals surface area contributed by atoms with Gasteiger partial charge in [0, 0.05) is 24.5 Å². The van der Waals surface area contributed by atoms with E-state index < -0.39 is 10.0 Å². The topological polar surface area (TPSA) is 133 Å². The highest BCUT2D eigenvalue weighted by Gasteiger charge is 2.35. The number of nitriles is 1. The molecule has 2 fully saturated rings. The molecule has 1 aliphatic carbocycles. The van der Waals surface area contributed by atoms with Crippen LogP contribution in [0, 0.1) is 17.2 Å². The summed E-state index contributed by atoms with van der Waals surface area (Å²) >= 11 is 0. The normalized spacial score (nSPS) is 20.2. The fraction of sp³-hybridized carbons (Fsp3) is 0.435. The molecule has 5 rings (SSSR count). The molecule has 1 saturated heterocycles. The second-order valence-corrected chi connectivity index (χ2v) is 10.7. The van der Waals surface area contributed by atoms with E-state index in [1.165, 1.54) is 4.31 Å². The van der Waals surface area contributed by atoms with Gasteiger partial charge in [0.2, 0.25) is 10.0 Å². The number of fused-ring (bicyclic) bond motifs is 1. The third-order valence-electron chi connectivity index (χ3n) is 6.44. The largest absolute Gasteiger partial charge is 0.378 e. The number of nitrogens with zero attached hydrogens (tertiary/aromatic N) is 4. The van der Waals surface area contributed by atoms with Crippen molar-refractivity contribution in [3.8, 4) is 6.07 Å². The highest BCUT2D eigenvalue weighted by Crippen LogP contribution is 2.43. The van der Waals surface area contributed by atoms with Crippen molar-refractivity contribution in [1.82, 2.24) is 19.1 Å². The molecule has 178 valence electrons. The summed E-state index contributed by atoms with van der Waals surface area (Å²) in [7, 11) is -3.64. The van der Waals surface area contributed by atoms with Crippen molar-refractivity contribution in [2.24, 2.45) is 5.92 Å². The van der Waals surface area contributed by atoms with Crippen LogP contribution in [0.5, 0.6) is 0 Å². The van der Waals surface area contributed by atoms with Crippen molar-refractivity contribution < 1.29 is 13.2 Å². The SMILES string of the molecule is CC1COCCN1S(=O)(=O)c1ccc(Nc2nn(C(CC#N)C3CC3)c3cc[nH]c(=O)c23)cc1. The maximum absolute atomic E-state index is 13.1. The Kier molecular flexibility index (Phi) is 5.89. The molecule has 2 aliphatic rings. The molecule has 10 nitrogen and oxygen atoms in total. The Morgan fingerprint density at radius 1 is 1.29 bits per heavy atom. The summed E-state index contributed by atoms with van der Waals surface area (Å²) in [6, 6.07) is 10.1. The van der Waals surface area contributed by atoms with Crippen molar-refractivity contribution in [1.29, 1.82) is 5.26 Å². The van der Waals surface area contributed by atoms with E-state index in [1.807, 2.05) is 6.92 Å². The number of H-pyrrole nitrogens is 1. The van der Waals surface area contributed by atoms with Crippen LogP contribution in [0.2, 0.25) is 0 Å². The number of benzene rings is 1. The Morgan fingerprint density at radius 2 is 2.06 bits per heavy atom. The smallest absolute Gasteiger partial charge is 0.261 e. The van der Waals surface area contributed by atoms with Crippen molar-refractivity contribution >= 4 is 32.4 Å². The van der Waals surface area contributed by atoms with Gasteiger partial charge >= 0.3 is 0 Å². The zero-order chi connectivity index (χ0) is 23.9. The van der Waals surface area contributed by atoms with Crippen LogP contribution in [0.25, 0.3) is 10.9 Å². The van der Waals surface area contributed by atoms with Crippen molar-refractivity contribution in [2.75, 3.05) is 25.1 Å². The predicted molar refractivity (Wildman–Crippen MR) is 126 cm³/mol. The van der Waals surface area contributed by atoms with Gasteiger partial charge in [-0.05, 0) is 56.0 Å². The van der Waals surface area contributed by atoms with Gasteiger partial charge < -0.3 is 15.0 Å². The molecule has 0 spiro atoms. The van der Waals surface area contributed by atoms with Crippen molar-refractivity contribution in [3.05, 3.63) is 46.9 Å². The van der Waals surface area contributed by atoms with Gasteiger partial charge in [-0.15, -0.1) is 0 Å². The summed E-state index contributed by atoms with van der Waals surface area (Å²) in [5, 5.41) is 17.6. The van der Waals surface area contributed by atoms with Crippen LogP contribution in [0.4, 0.5) is 11.5 Å². The average Bonchev–Trinajstić information content (AvgIpc) is 3.60. The summed E-state index contributed by atoms with van der Waals surface area (Å²) in [6.45, 7) is 2.89. The maximum atomic E-state index is 13.1. The van der Waals surface area contributed by atoms with E-state index in [1.54, 1.807) is 41.2 Å². The number of rotatable bonds is 7. The molecule has 2 atom stereocenters. The number of nitrogens with one attached hydrogen (secondary N) is 2. The number of anilines is 2. The van der Waals surface area contributed by atoms with Gasteiger partial charge in [0.05, 0.1) is 42.2 Å². The second kappa shape index (κ2) is 8.87. The Balaban J connectivity index is 1.46. The highest BCUT2D eigenvalue weighted by molar-refractivity contribution is 7.89. The van der Waals surface area contributed by atoms with Crippen molar-refractivity contribution in [2.45, 2.75) is 43.2 Å². The molecular weight excluding hydrogens is 456 g/mol. The molecule has 3 aromatic rings. The lowest BCUT2D eigenvalue weighted by Gasteiger charge is -2.32. The molecule has 0 amide bonds. The van der Waals surface area contributed by atoms with Gasteiger partial charge in [-0.3, -0.25) is 9.48 Å². The van der Waals surface area contributed by atoms with Crippen molar-refractivity contribution in [3.63, 3.8) is 0 Å². The zero-order valence-electron chi connectivity index (χ0n) is 18.8. The molecule has 0 radical (unpaired) electrons. The standard InChI is InChI=1S/C23H26N6O4S/c1-15-14-33-13-12-28(15)34(31,32)18-6-4-17(5-7-18)26-22-21-20(9-11-25-23(21)30)29(27-22)19(8-10-24)16-2-3-16/h4-7,9,11,15-16,19H,2-3,8,12-14H2,1H3,(H,25,30)(H,26,27). The zero-order valence-corrected chi connectivity index (χ0v) is 19.6. The molecule has 3 heterocycles. The first-order valence-corrected chi connectivity index (χ1v) is 12.8. The fourth-order valence-electron chi connectivity index (χ4n) is 4.52. The summed E-state index contributed by atoms with van der Waals surface area (Å²) in [4.78, 5) is 15.5. The lowest BCUT2D eigenvalue weighted by Crippen LogP contribution is -2.46. The Morgan fingerprint density at radius 3 is 2.74 bits per heavy atom. The second-order valence-electron chi connectivity index (χ2n) is 8.82. The number of sulfonamides is 1. The molecule has 1 aromatic carbocycles. The van der Waals surface area contributed by atoms with Crippen LogP contribution in [-0.2, 0) is 14.8 Å². The minimum atomic E-state index is -3.64. The number of morpholine rings is 1. The predicted octanol–water partition coefficient (Wildman–Crippen LogP) is 2.74. The van der Waals surface area contributed by atoms with E-state index in [9.17, 15) is 18.5 Å². The molecule has 11 heteroatoms. The first-order chi connectivity index (χ1) is 16.4.